The molecular weight excluding hydrogens is 336 g/mol. The second-order valence-corrected chi connectivity index (χ2v) is 6.46. The van der Waals surface area contributed by atoms with Crippen LogP contribution in [0.15, 0.2) is 53.5 Å². The van der Waals surface area contributed by atoms with Crippen LogP contribution in [0.4, 0.5) is 5.69 Å². The summed E-state index contributed by atoms with van der Waals surface area (Å²) in [6.07, 6.45) is 1.52. The van der Waals surface area contributed by atoms with E-state index >= 15 is 0 Å². The van der Waals surface area contributed by atoms with Gasteiger partial charge in [0.2, 0.25) is 0 Å². The van der Waals surface area contributed by atoms with E-state index in [1.54, 1.807) is 11.0 Å². The van der Waals surface area contributed by atoms with Crippen LogP contribution in [-0.2, 0) is 4.79 Å². The molecule has 2 aromatic carbocycles. The number of amides is 1. The van der Waals surface area contributed by atoms with Gasteiger partial charge in [-0.2, -0.15) is 0 Å². The van der Waals surface area contributed by atoms with Crippen molar-refractivity contribution in [2.24, 2.45) is 4.99 Å². The minimum absolute atomic E-state index is 0.0783. The third kappa shape index (κ3) is 3.60. The predicted molar refractivity (Wildman–Crippen MR) is 102 cm³/mol. The minimum atomic E-state index is -0.460. The molecule has 1 aliphatic heterocycles. The number of β-amino-alcohol motifs (C(OH)–C–C–N with tert-alkyl or cyclic N) is 1. The number of aliphatic hydroxyl groups excluding tert-OH is 1. The van der Waals surface area contributed by atoms with E-state index in [1.165, 1.54) is 0 Å². The zero-order valence-electron chi connectivity index (χ0n) is 14.2. The number of aliphatic hydroxyl groups is 1. The molecule has 0 saturated heterocycles. The molecule has 25 heavy (non-hydrogen) atoms. The van der Waals surface area contributed by atoms with Gasteiger partial charge in [0.05, 0.1) is 18.0 Å². The molecule has 0 aliphatic carbocycles. The zero-order chi connectivity index (χ0) is 17.8. The molecule has 0 saturated carbocycles. The summed E-state index contributed by atoms with van der Waals surface area (Å²) < 4.78 is 0. The van der Waals surface area contributed by atoms with Crippen LogP contribution in [0, 0.1) is 0 Å². The molecule has 2 aromatic rings. The summed E-state index contributed by atoms with van der Waals surface area (Å²) in [5, 5.41) is 10.0. The largest absolute Gasteiger partial charge is 0.395 e. The second-order valence-electron chi connectivity index (χ2n) is 6.02. The molecule has 1 aliphatic rings. The van der Waals surface area contributed by atoms with Crippen LogP contribution < -0.4 is 4.90 Å². The molecule has 0 fully saturated rings. The molecule has 1 heterocycles. The van der Waals surface area contributed by atoms with Gasteiger partial charge in [-0.3, -0.25) is 9.79 Å². The SMILES string of the molecule is CCCC1N=C(c2ccccc2)c2cc(Cl)ccc2N(CCO)C1=O. The number of benzene rings is 2. The summed E-state index contributed by atoms with van der Waals surface area (Å²) in [6, 6.07) is 14.8. The Hall–Kier alpha value is -2.17. The Balaban J connectivity index is 2.23. The maximum absolute atomic E-state index is 13.0. The molecule has 0 aromatic heterocycles. The summed E-state index contributed by atoms with van der Waals surface area (Å²) in [4.78, 5) is 19.5. The van der Waals surface area contributed by atoms with Gasteiger partial charge in [-0.25, -0.2) is 0 Å². The molecule has 3 rings (SSSR count). The Morgan fingerprint density at radius 2 is 1.96 bits per heavy atom. The highest BCUT2D eigenvalue weighted by molar-refractivity contribution is 6.32. The van der Waals surface area contributed by atoms with Gasteiger partial charge in [-0.1, -0.05) is 55.3 Å². The zero-order valence-corrected chi connectivity index (χ0v) is 14.9. The van der Waals surface area contributed by atoms with Crippen LogP contribution in [0.25, 0.3) is 0 Å². The lowest BCUT2D eigenvalue weighted by Gasteiger charge is -2.24. The van der Waals surface area contributed by atoms with E-state index in [0.29, 0.717) is 11.4 Å². The van der Waals surface area contributed by atoms with Crippen molar-refractivity contribution in [1.29, 1.82) is 0 Å². The first-order chi connectivity index (χ1) is 12.2. The molecular formula is C20H21ClN2O2. The third-order valence-corrected chi connectivity index (χ3v) is 4.51. The van der Waals surface area contributed by atoms with E-state index in [4.69, 9.17) is 16.6 Å². The Labute approximate surface area is 152 Å². The van der Waals surface area contributed by atoms with Crippen LogP contribution in [-0.4, -0.2) is 35.9 Å². The van der Waals surface area contributed by atoms with Gasteiger partial charge in [-0.05, 0) is 24.6 Å². The summed E-state index contributed by atoms with van der Waals surface area (Å²) in [6.45, 7) is 2.18. The van der Waals surface area contributed by atoms with Gasteiger partial charge in [0.25, 0.3) is 5.91 Å². The average Bonchev–Trinajstić information content (AvgIpc) is 2.73. The molecule has 0 spiro atoms. The molecule has 0 bridgehead atoms. The first kappa shape index (κ1) is 17.6. The quantitative estimate of drug-likeness (QED) is 0.888. The average molecular weight is 357 g/mol. The van der Waals surface area contributed by atoms with E-state index < -0.39 is 6.04 Å². The summed E-state index contributed by atoms with van der Waals surface area (Å²) in [7, 11) is 0. The Morgan fingerprint density at radius 1 is 1.20 bits per heavy atom. The minimum Gasteiger partial charge on any atom is -0.395 e. The van der Waals surface area contributed by atoms with Crippen molar-refractivity contribution in [3.05, 3.63) is 64.7 Å². The number of hydrogen-bond donors (Lipinski definition) is 1. The topological polar surface area (TPSA) is 52.9 Å². The number of rotatable bonds is 5. The summed E-state index contributed by atoms with van der Waals surface area (Å²) in [5.74, 6) is -0.0783. The van der Waals surface area contributed by atoms with Gasteiger partial charge in [0, 0.05) is 22.7 Å². The first-order valence-electron chi connectivity index (χ1n) is 8.51. The van der Waals surface area contributed by atoms with E-state index in [0.717, 1.165) is 28.9 Å². The van der Waals surface area contributed by atoms with Crippen LogP contribution in [0.5, 0.6) is 0 Å². The van der Waals surface area contributed by atoms with Crippen LogP contribution in [0.2, 0.25) is 5.02 Å². The van der Waals surface area contributed by atoms with Gasteiger partial charge in [0.1, 0.15) is 6.04 Å². The highest BCUT2D eigenvalue weighted by atomic mass is 35.5. The Kier molecular flexibility index (Phi) is 5.51. The Bertz CT molecular complexity index is 790. The number of carbonyl (C=O) groups is 1. The third-order valence-electron chi connectivity index (χ3n) is 4.27. The molecule has 1 unspecified atom stereocenters. The van der Waals surface area contributed by atoms with Crippen molar-refractivity contribution in [2.45, 2.75) is 25.8 Å². The molecule has 1 N–H and O–H groups in total. The molecule has 1 amide bonds. The van der Waals surface area contributed by atoms with Crippen molar-refractivity contribution < 1.29 is 9.90 Å². The number of halogens is 1. The van der Waals surface area contributed by atoms with Gasteiger partial charge in [-0.15, -0.1) is 0 Å². The summed E-state index contributed by atoms with van der Waals surface area (Å²) in [5.41, 5.74) is 3.28. The number of fused-ring (bicyclic) bond motifs is 1. The molecule has 1 atom stereocenters. The van der Waals surface area contributed by atoms with Crippen molar-refractivity contribution in [2.75, 3.05) is 18.1 Å². The highest BCUT2D eigenvalue weighted by Gasteiger charge is 2.31. The highest BCUT2D eigenvalue weighted by Crippen LogP contribution is 2.31. The monoisotopic (exact) mass is 356 g/mol. The smallest absolute Gasteiger partial charge is 0.251 e. The predicted octanol–water partition coefficient (Wildman–Crippen LogP) is 3.69. The van der Waals surface area contributed by atoms with Gasteiger partial charge < -0.3 is 10.0 Å². The second kappa shape index (κ2) is 7.81. The number of carbonyl (C=O) groups excluding carboxylic acids is 1. The number of nitrogens with zero attached hydrogens (tertiary/aromatic N) is 2. The standard InChI is InChI=1S/C20H21ClN2O2/c1-2-6-17-20(25)23(11-12-24)18-10-9-15(21)13-16(18)19(22-17)14-7-4-3-5-8-14/h3-5,7-10,13,17,24H,2,6,11-12H2,1H3. The van der Waals surface area contributed by atoms with Gasteiger partial charge in [0.15, 0.2) is 0 Å². The fraction of sp³-hybridized carbons (Fsp3) is 0.300. The van der Waals surface area contributed by atoms with E-state index in [2.05, 4.69) is 0 Å². The molecule has 130 valence electrons. The normalized spacial score (nSPS) is 17.1. The van der Waals surface area contributed by atoms with Crippen LogP contribution >= 0.6 is 11.6 Å². The lowest BCUT2D eigenvalue weighted by atomic mass is 10.00. The fourth-order valence-electron chi connectivity index (χ4n) is 3.13. The van der Waals surface area contributed by atoms with Gasteiger partial charge >= 0.3 is 0 Å². The molecule has 4 nitrogen and oxygen atoms in total. The van der Waals surface area contributed by atoms with Crippen LogP contribution in [0.3, 0.4) is 0 Å². The maximum Gasteiger partial charge on any atom is 0.251 e. The molecule has 0 radical (unpaired) electrons. The lowest BCUT2D eigenvalue weighted by molar-refractivity contribution is -0.120. The van der Waals surface area contributed by atoms with Crippen LogP contribution in [0.1, 0.15) is 30.9 Å². The van der Waals surface area contributed by atoms with E-state index in [-0.39, 0.29) is 19.1 Å². The first-order valence-corrected chi connectivity index (χ1v) is 8.89. The van der Waals surface area contributed by atoms with Crippen molar-refractivity contribution in [3.63, 3.8) is 0 Å². The lowest BCUT2D eigenvalue weighted by Crippen LogP contribution is -2.39. The summed E-state index contributed by atoms with van der Waals surface area (Å²) >= 11 is 6.23. The Morgan fingerprint density at radius 3 is 2.64 bits per heavy atom. The van der Waals surface area contributed by atoms with Crippen molar-refractivity contribution >= 4 is 28.9 Å². The van der Waals surface area contributed by atoms with Crippen molar-refractivity contribution in [1.82, 2.24) is 0 Å². The molecule has 5 heteroatoms. The van der Waals surface area contributed by atoms with Crippen molar-refractivity contribution in [3.8, 4) is 0 Å². The number of benzodiazepines with no additional fused rings is 1. The number of anilines is 1. The fourth-order valence-corrected chi connectivity index (χ4v) is 3.30. The number of hydrogen-bond acceptors (Lipinski definition) is 3. The maximum atomic E-state index is 13.0. The van der Waals surface area contributed by atoms with E-state index in [1.807, 2.05) is 49.4 Å². The van der Waals surface area contributed by atoms with E-state index in [9.17, 15) is 9.90 Å². The number of aliphatic imine (C=N–C) groups is 1.